The summed E-state index contributed by atoms with van der Waals surface area (Å²) < 4.78 is 0. The zero-order chi connectivity index (χ0) is 24.9. The van der Waals surface area contributed by atoms with Gasteiger partial charge in [-0.3, -0.25) is 19.4 Å². The molecule has 1 aliphatic carbocycles. The zero-order valence-corrected chi connectivity index (χ0v) is 20.1. The normalized spacial score (nSPS) is 20.9. The highest BCUT2D eigenvalue weighted by molar-refractivity contribution is 5.97. The molecule has 0 radical (unpaired) electrons. The van der Waals surface area contributed by atoms with Crippen LogP contribution < -0.4 is 10.6 Å². The van der Waals surface area contributed by atoms with Gasteiger partial charge in [-0.05, 0) is 37.0 Å². The number of nitrogens with zero attached hydrogens (tertiary/aromatic N) is 3. The smallest absolute Gasteiger partial charge is 0.326 e. The molecule has 10 heteroatoms. The van der Waals surface area contributed by atoms with Gasteiger partial charge in [0.05, 0.1) is 6.20 Å². The van der Waals surface area contributed by atoms with Crippen molar-refractivity contribution in [2.24, 2.45) is 11.3 Å². The quantitative estimate of drug-likeness (QED) is 0.548. The third-order valence-electron chi connectivity index (χ3n) is 6.71. The lowest BCUT2D eigenvalue weighted by Crippen LogP contribution is -2.61. The van der Waals surface area contributed by atoms with Gasteiger partial charge in [-0.1, -0.05) is 40.0 Å². The van der Waals surface area contributed by atoms with Crippen LogP contribution in [0.1, 0.15) is 76.2 Å². The molecule has 186 valence electrons. The number of rotatable bonds is 7. The lowest BCUT2D eigenvalue weighted by atomic mass is 9.82. The van der Waals surface area contributed by atoms with Crippen LogP contribution in [0.5, 0.6) is 0 Å². The van der Waals surface area contributed by atoms with Crippen molar-refractivity contribution in [3.05, 3.63) is 24.3 Å². The van der Waals surface area contributed by atoms with Crippen molar-refractivity contribution in [2.45, 2.75) is 83.8 Å². The monoisotopic (exact) mass is 473 g/mol. The van der Waals surface area contributed by atoms with Gasteiger partial charge in [-0.25, -0.2) is 9.78 Å². The summed E-state index contributed by atoms with van der Waals surface area (Å²) in [6.45, 7) is 5.83. The molecule has 1 aliphatic heterocycles. The largest absolute Gasteiger partial charge is 0.480 e. The Morgan fingerprint density at radius 2 is 1.74 bits per heavy atom. The highest BCUT2D eigenvalue weighted by Crippen LogP contribution is 2.29. The van der Waals surface area contributed by atoms with E-state index in [1.807, 2.05) is 20.8 Å². The lowest BCUT2D eigenvalue weighted by molar-refractivity contribution is -0.150. The molecule has 1 saturated carbocycles. The van der Waals surface area contributed by atoms with Crippen molar-refractivity contribution in [3.63, 3.8) is 0 Å². The Bertz CT molecular complexity index is 895. The van der Waals surface area contributed by atoms with Crippen LogP contribution in [-0.4, -0.2) is 68.3 Å². The first-order valence-electron chi connectivity index (χ1n) is 12.0. The van der Waals surface area contributed by atoms with Crippen LogP contribution in [0.4, 0.5) is 0 Å². The fourth-order valence-corrected chi connectivity index (χ4v) is 4.83. The van der Waals surface area contributed by atoms with Crippen LogP contribution in [0, 0.1) is 11.3 Å². The number of amides is 3. The van der Waals surface area contributed by atoms with Crippen molar-refractivity contribution in [1.82, 2.24) is 25.5 Å². The Hall–Kier alpha value is -3.04. The van der Waals surface area contributed by atoms with E-state index in [0.717, 1.165) is 32.1 Å². The first kappa shape index (κ1) is 25.6. The Morgan fingerprint density at radius 3 is 2.32 bits per heavy atom. The number of carbonyl (C=O) groups is 4. The van der Waals surface area contributed by atoms with Gasteiger partial charge >= 0.3 is 5.97 Å². The van der Waals surface area contributed by atoms with Crippen molar-refractivity contribution >= 4 is 23.7 Å². The van der Waals surface area contributed by atoms with Crippen LogP contribution in [0.2, 0.25) is 0 Å². The highest BCUT2D eigenvalue weighted by Gasteiger charge is 2.43. The molecular formula is C24H35N5O5. The summed E-state index contributed by atoms with van der Waals surface area (Å²) in [5.41, 5.74) is -0.550. The van der Waals surface area contributed by atoms with Gasteiger partial charge in [0.2, 0.25) is 11.8 Å². The fraction of sp³-hybridized carbons (Fsp3) is 0.667. The summed E-state index contributed by atoms with van der Waals surface area (Å²) >= 11 is 0. The van der Waals surface area contributed by atoms with E-state index in [0.29, 0.717) is 19.4 Å². The zero-order valence-electron chi connectivity index (χ0n) is 20.1. The highest BCUT2D eigenvalue weighted by atomic mass is 16.4. The van der Waals surface area contributed by atoms with E-state index in [-0.39, 0.29) is 11.6 Å². The van der Waals surface area contributed by atoms with Crippen molar-refractivity contribution in [2.75, 3.05) is 6.54 Å². The van der Waals surface area contributed by atoms with Crippen molar-refractivity contribution in [1.29, 1.82) is 0 Å². The number of carboxylic acid groups (broad SMARTS) is 1. The first-order chi connectivity index (χ1) is 16.1. The van der Waals surface area contributed by atoms with Gasteiger partial charge in [-0.15, -0.1) is 0 Å². The van der Waals surface area contributed by atoms with E-state index in [1.54, 1.807) is 0 Å². The summed E-state index contributed by atoms with van der Waals surface area (Å²) in [5.74, 6) is -2.45. The average molecular weight is 474 g/mol. The molecule has 3 N–H and O–H groups in total. The predicted octanol–water partition coefficient (Wildman–Crippen LogP) is 1.76. The number of aromatic nitrogens is 2. The first-order valence-corrected chi connectivity index (χ1v) is 12.0. The van der Waals surface area contributed by atoms with Crippen LogP contribution >= 0.6 is 0 Å². The summed E-state index contributed by atoms with van der Waals surface area (Å²) in [5, 5.41) is 15.2. The molecule has 34 heavy (non-hydrogen) atoms. The minimum atomic E-state index is -1.04. The molecule has 0 spiro atoms. The minimum absolute atomic E-state index is 0.0661. The summed E-state index contributed by atoms with van der Waals surface area (Å²) in [6, 6.07) is -2.65. The molecule has 0 bridgehead atoms. The van der Waals surface area contributed by atoms with E-state index in [4.69, 9.17) is 0 Å². The number of hydrogen-bond donors (Lipinski definition) is 3. The van der Waals surface area contributed by atoms with Crippen molar-refractivity contribution < 1.29 is 24.3 Å². The number of hydrogen-bond acceptors (Lipinski definition) is 6. The third kappa shape index (κ3) is 6.09. The van der Waals surface area contributed by atoms with Gasteiger partial charge in [0, 0.05) is 18.9 Å². The Kier molecular flexibility index (Phi) is 8.22. The van der Waals surface area contributed by atoms with E-state index in [9.17, 15) is 24.3 Å². The number of carbonyl (C=O) groups excluding carboxylic acids is 3. The third-order valence-corrected chi connectivity index (χ3v) is 6.71. The molecule has 2 heterocycles. The number of carboxylic acids is 1. The van der Waals surface area contributed by atoms with Crippen LogP contribution in [0.15, 0.2) is 18.6 Å². The van der Waals surface area contributed by atoms with Crippen LogP contribution in [-0.2, 0) is 14.4 Å². The van der Waals surface area contributed by atoms with E-state index in [1.165, 1.54) is 23.5 Å². The van der Waals surface area contributed by atoms with Crippen LogP contribution in [0.3, 0.4) is 0 Å². The maximum Gasteiger partial charge on any atom is 0.326 e. The molecule has 10 nitrogen and oxygen atoms in total. The molecule has 1 saturated heterocycles. The SMILES string of the molecule is CC(C)(C)[C@H](NC(=O)[C@@H](NC(=O)c1cnccn1)C1CCCCC1)C(=O)N1CCC[C@H]1C(=O)O. The summed E-state index contributed by atoms with van der Waals surface area (Å²) in [7, 11) is 0. The van der Waals surface area contributed by atoms with Gasteiger partial charge in [-0.2, -0.15) is 0 Å². The summed E-state index contributed by atoms with van der Waals surface area (Å²) in [6.07, 6.45) is 9.80. The molecule has 3 atom stereocenters. The topological polar surface area (TPSA) is 142 Å². The van der Waals surface area contributed by atoms with Crippen molar-refractivity contribution in [3.8, 4) is 0 Å². The molecule has 1 aromatic heterocycles. The maximum atomic E-state index is 13.6. The molecule has 0 aromatic carbocycles. The average Bonchev–Trinajstić information content (AvgIpc) is 3.31. The minimum Gasteiger partial charge on any atom is -0.480 e. The fourth-order valence-electron chi connectivity index (χ4n) is 4.83. The molecule has 0 unspecified atom stereocenters. The predicted molar refractivity (Wildman–Crippen MR) is 124 cm³/mol. The summed E-state index contributed by atoms with van der Waals surface area (Å²) in [4.78, 5) is 60.7. The second-order valence-electron chi connectivity index (χ2n) is 10.3. The Morgan fingerprint density at radius 1 is 1.03 bits per heavy atom. The van der Waals surface area contributed by atoms with Gasteiger partial charge < -0.3 is 20.6 Å². The number of likely N-dealkylation sites (tertiary alicyclic amines) is 1. The lowest BCUT2D eigenvalue weighted by Gasteiger charge is -2.37. The van der Waals surface area contributed by atoms with Gasteiger partial charge in [0.15, 0.2) is 0 Å². The number of nitrogens with one attached hydrogen (secondary N) is 2. The van der Waals surface area contributed by atoms with Gasteiger partial charge in [0.25, 0.3) is 5.91 Å². The van der Waals surface area contributed by atoms with Crippen LogP contribution in [0.25, 0.3) is 0 Å². The van der Waals surface area contributed by atoms with E-state index >= 15 is 0 Å². The molecular weight excluding hydrogens is 438 g/mol. The second kappa shape index (κ2) is 10.9. The molecule has 2 aliphatic rings. The molecule has 2 fully saturated rings. The van der Waals surface area contributed by atoms with E-state index < -0.39 is 47.2 Å². The standard InChI is InChI=1S/C24H35N5O5/c1-24(2,3)19(22(32)29-13-7-10-17(29)23(33)34)28-21(31)18(15-8-5-4-6-9-15)27-20(30)16-14-25-11-12-26-16/h11-12,14-15,17-19H,4-10,13H2,1-3H3,(H,27,30)(H,28,31)(H,33,34)/t17-,18-,19+/m0/s1. The maximum absolute atomic E-state index is 13.6. The van der Waals surface area contributed by atoms with E-state index in [2.05, 4.69) is 20.6 Å². The molecule has 1 aromatic rings. The number of aliphatic carboxylic acids is 1. The van der Waals surface area contributed by atoms with Gasteiger partial charge in [0.1, 0.15) is 23.8 Å². The Balaban J connectivity index is 1.82. The molecule has 3 amide bonds. The molecule has 3 rings (SSSR count). The second-order valence-corrected chi connectivity index (χ2v) is 10.3. The Labute approximate surface area is 199 Å².